The molecule has 0 unspecified atom stereocenters. The molecule has 3 heteroatoms. The Kier molecular flexibility index (Phi) is 4.72. The smallest absolute Gasteiger partial charge is 0.196 e. The molecule has 0 spiro atoms. The van der Waals surface area contributed by atoms with Crippen molar-refractivity contribution in [1.29, 1.82) is 0 Å². The summed E-state index contributed by atoms with van der Waals surface area (Å²) in [5.41, 5.74) is 3.35. The Morgan fingerprint density at radius 2 is 2.06 bits per heavy atom. The molecule has 0 bridgehead atoms. The number of carbonyl (C=O) groups is 1. The minimum atomic E-state index is -1.56. The van der Waals surface area contributed by atoms with E-state index in [0.29, 0.717) is 0 Å². The second kappa shape index (κ2) is 5.68. The van der Waals surface area contributed by atoms with E-state index in [0.717, 1.165) is 4.88 Å². The van der Waals surface area contributed by atoms with Gasteiger partial charge in [0.1, 0.15) is 8.07 Å². The number of hydrogen-bond acceptors (Lipinski definition) is 2. The number of ketones is 1. The zero-order valence-electron chi connectivity index (χ0n) is 11.7. The molecule has 18 heavy (non-hydrogen) atoms. The third-order valence-electron chi connectivity index (χ3n) is 3.34. The van der Waals surface area contributed by atoms with E-state index < -0.39 is 8.07 Å². The predicted molar refractivity (Wildman–Crippen MR) is 82.8 cm³/mol. The van der Waals surface area contributed by atoms with Crippen molar-refractivity contribution in [3.8, 4) is 11.5 Å². The van der Waals surface area contributed by atoms with Crippen LogP contribution in [0.25, 0.3) is 0 Å². The van der Waals surface area contributed by atoms with E-state index in [9.17, 15) is 4.79 Å². The number of carbonyl (C=O) groups excluding carboxylic acids is 1. The molecule has 1 heterocycles. The Labute approximate surface area is 115 Å². The molecule has 1 rings (SSSR count). The molecule has 1 aromatic heterocycles. The van der Waals surface area contributed by atoms with Crippen LogP contribution in [0.2, 0.25) is 18.1 Å². The summed E-state index contributed by atoms with van der Waals surface area (Å²) in [7, 11) is -1.56. The van der Waals surface area contributed by atoms with Crippen LogP contribution in [0.1, 0.15) is 30.4 Å². The fraction of sp³-hybridized carbons (Fsp3) is 0.400. The molecule has 1 aromatic rings. The maximum atomic E-state index is 11.7. The SMILES string of the molecule is CC(C)(C)[Si](C)(C)C#C/C=C/C(=O)c1cccs1. The largest absolute Gasteiger partial charge is 0.288 e. The molecule has 0 saturated heterocycles. The molecule has 0 fully saturated rings. The highest BCUT2D eigenvalue weighted by atomic mass is 32.1. The van der Waals surface area contributed by atoms with Gasteiger partial charge in [0, 0.05) is 0 Å². The fourth-order valence-electron chi connectivity index (χ4n) is 1.03. The molecule has 0 atom stereocenters. The van der Waals surface area contributed by atoms with E-state index in [2.05, 4.69) is 45.3 Å². The molecule has 0 aliphatic carbocycles. The van der Waals surface area contributed by atoms with E-state index >= 15 is 0 Å². The zero-order chi connectivity index (χ0) is 13.8. The summed E-state index contributed by atoms with van der Waals surface area (Å²) in [6.07, 6.45) is 3.24. The van der Waals surface area contributed by atoms with Crippen LogP contribution < -0.4 is 0 Å². The monoisotopic (exact) mass is 276 g/mol. The van der Waals surface area contributed by atoms with Crippen molar-refractivity contribution in [3.05, 3.63) is 34.5 Å². The van der Waals surface area contributed by atoms with Crippen LogP contribution in [0.5, 0.6) is 0 Å². The minimum Gasteiger partial charge on any atom is -0.288 e. The minimum absolute atomic E-state index is 0.0366. The Morgan fingerprint density at radius 1 is 1.39 bits per heavy atom. The van der Waals surface area contributed by atoms with Gasteiger partial charge in [0.05, 0.1) is 4.88 Å². The number of rotatable bonds is 2. The van der Waals surface area contributed by atoms with E-state index in [1.54, 1.807) is 12.2 Å². The maximum Gasteiger partial charge on any atom is 0.196 e. The van der Waals surface area contributed by atoms with Crippen LogP contribution in [-0.2, 0) is 0 Å². The summed E-state index contributed by atoms with van der Waals surface area (Å²) in [6, 6.07) is 3.71. The quantitative estimate of drug-likeness (QED) is 0.335. The Morgan fingerprint density at radius 3 is 2.56 bits per heavy atom. The maximum absolute atomic E-state index is 11.7. The summed E-state index contributed by atoms with van der Waals surface area (Å²) < 4.78 is 0. The Balaban J connectivity index is 2.70. The lowest BCUT2D eigenvalue weighted by Gasteiger charge is -2.31. The number of thiophene rings is 1. The lowest BCUT2D eigenvalue weighted by Crippen LogP contribution is -2.35. The van der Waals surface area contributed by atoms with Crippen molar-refractivity contribution >= 4 is 25.2 Å². The van der Waals surface area contributed by atoms with E-state index in [-0.39, 0.29) is 10.8 Å². The third kappa shape index (κ3) is 3.97. The molecule has 0 saturated carbocycles. The summed E-state index contributed by atoms with van der Waals surface area (Å²) in [6.45, 7) is 11.2. The third-order valence-corrected chi connectivity index (χ3v) is 8.75. The van der Waals surface area contributed by atoms with Gasteiger partial charge in [-0.15, -0.1) is 16.9 Å². The molecule has 0 aliphatic heterocycles. The van der Waals surface area contributed by atoms with E-state index in [1.807, 2.05) is 17.5 Å². The second-order valence-corrected chi connectivity index (χ2v) is 11.8. The van der Waals surface area contributed by atoms with Gasteiger partial charge in [0.15, 0.2) is 5.78 Å². The Bertz CT molecular complexity index is 493. The highest BCUT2D eigenvalue weighted by Gasteiger charge is 2.33. The van der Waals surface area contributed by atoms with Crippen molar-refractivity contribution < 1.29 is 4.79 Å². The summed E-state index contributed by atoms with van der Waals surface area (Å²) in [4.78, 5) is 12.5. The number of allylic oxidation sites excluding steroid dienone is 2. The summed E-state index contributed by atoms with van der Waals surface area (Å²) in [5, 5.41) is 2.16. The average Bonchev–Trinajstić information content (AvgIpc) is 2.75. The van der Waals surface area contributed by atoms with Crippen molar-refractivity contribution in [2.75, 3.05) is 0 Å². The van der Waals surface area contributed by atoms with Gasteiger partial charge >= 0.3 is 0 Å². The molecular formula is C15H20OSSi. The lowest BCUT2D eigenvalue weighted by atomic mass is 10.2. The first-order valence-corrected chi connectivity index (χ1v) is 9.89. The van der Waals surface area contributed by atoms with Gasteiger partial charge < -0.3 is 0 Å². The first-order chi connectivity index (χ1) is 8.24. The molecule has 1 nitrogen and oxygen atoms in total. The van der Waals surface area contributed by atoms with Crippen LogP contribution in [0, 0.1) is 11.5 Å². The van der Waals surface area contributed by atoms with Crippen molar-refractivity contribution in [2.24, 2.45) is 0 Å². The summed E-state index contributed by atoms with van der Waals surface area (Å²) >= 11 is 1.46. The molecule has 0 radical (unpaired) electrons. The first-order valence-electron chi connectivity index (χ1n) is 6.01. The highest BCUT2D eigenvalue weighted by Crippen LogP contribution is 2.35. The molecule has 0 amide bonds. The molecule has 0 aliphatic rings. The summed E-state index contributed by atoms with van der Waals surface area (Å²) in [5.74, 6) is 3.08. The van der Waals surface area contributed by atoms with Crippen LogP contribution in [0.3, 0.4) is 0 Å². The normalized spacial score (nSPS) is 12.3. The van der Waals surface area contributed by atoms with Gasteiger partial charge in [0.25, 0.3) is 0 Å². The average molecular weight is 276 g/mol. The van der Waals surface area contributed by atoms with Crippen LogP contribution in [0.15, 0.2) is 29.7 Å². The highest BCUT2D eigenvalue weighted by molar-refractivity contribution is 7.12. The first kappa shape index (κ1) is 14.9. The molecule has 0 N–H and O–H groups in total. The van der Waals surface area contributed by atoms with Crippen LogP contribution >= 0.6 is 11.3 Å². The van der Waals surface area contributed by atoms with Gasteiger partial charge in [-0.25, -0.2) is 0 Å². The molecule has 96 valence electrons. The van der Waals surface area contributed by atoms with E-state index in [1.165, 1.54) is 11.3 Å². The zero-order valence-corrected chi connectivity index (χ0v) is 13.5. The Hall–Kier alpha value is -1.11. The lowest BCUT2D eigenvalue weighted by molar-refractivity contribution is 0.105. The van der Waals surface area contributed by atoms with Gasteiger partial charge in [-0.05, 0) is 28.6 Å². The van der Waals surface area contributed by atoms with E-state index in [4.69, 9.17) is 0 Å². The topological polar surface area (TPSA) is 17.1 Å². The van der Waals surface area contributed by atoms with Gasteiger partial charge in [-0.1, -0.05) is 45.9 Å². The van der Waals surface area contributed by atoms with Crippen molar-refractivity contribution in [3.63, 3.8) is 0 Å². The molecular weight excluding hydrogens is 256 g/mol. The number of hydrogen-bond donors (Lipinski definition) is 0. The fourth-order valence-corrected chi connectivity index (χ4v) is 2.49. The van der Waals surface area contributed by atoms with Crippen LogP contribution in [0.4, 0.5) is 0 Å². The predicted octanol–water partition coefficient (Wildman–Crippen LogP) is 4.54. The van der Waals surface area contributed by atoms with Gasteiger partial charge in [0.2, 0.25) is 0 Å². The van der Waals surface area contributed by atoms with Gasteiger partial charge in [-0.2, -0.15) is 0 Å². The van der Waals surface area contributed by atoms with Crippen molar-refractivity contribution in [2.45, 2.75) is 38.9 Å². The van der Waals surface area contributed by atoms with Crippen molar-refractivity contribution in [1.82, 2.24) is 0 Å². The standard InChI is InChI=1S/C15H20OSSi/c1-15(2,3)18(4,5)12-7-6-9-13(16)14-10-8-11-17-14/h6,8-11H,1-5H3/b9-6+. The molecule has 0 aromatic carbocycles. The second-order valence-electron chi connectivity index (χ2n) is 5.82. The van der Waals surface area contributed by atoms with Gasteiger partial charge in [-0.3, -0.25) is 4.79 Å². The van der Waals surface area contributed by atoms with Crippen LogP contribution in [-0.4, -0.2) is 13.9 Å².